The molecule has 0 saturated carbocycles. The van der Waals surface area contributed by atoms with Gasteiger partial charge in [0, 0.05) is 32.5 Å². The first-order valence-corrected chi connectivity index (χ1v) is 7.12. The molecular formula is C18H21NO3. The second-order valence-electron chi connectivity index (χ2n) is 5.80. The fourth-order valence-electron chi connectivity index (χ4n) is 3.96. The Balaban J connectivity index is 2.03. The highest BCUT2D eigenvalue weighted by Gasteiger charge is 2.64. The van der Waals surface area contributed by atoms with Crippen LogP contribution >= 0.6 is 0 Å². The molecule has 5 atom stereocenters. The summed E-state index contributed by atoms with van der Waals surface area (Å²) in [5.41, 5.74) is -2.41. The lowest BCUT2D eigenvalue weighted by Gasteiger charge is -2.56. The Bertz CT molecular complexity index is 1110. The van der Waals surface area contributed by atoms with Gasteiger partial charge in [-0.25, -0.2) is 0 Å². The standard InChI is InChI=1S/C18H21NO3/c1-19-8-7-18-11-4-5-13(20)17(18)22-16-14(21-2)6-3-10(15(16)18)9-12(11)19/h3-6,11-13,17,20H,7-9H2,1-2H3/t11-,12+,13?,17?,18-/m0/s1/i1D3,3D,6D,9D2,11D,12D,17D,20D. The maximum absolute atomic E-state index is 9.51. The summed E-state index contributed by atoms with van der Waals surface area (Å²) < 4.78 is 106. The quantitative estimate of drug-likeness (QED) is 0.841. The number of methoxy groups -OCH3 is 1. The van der Waals surface area contributed by atoms with Gasteiger partial charge >= 0.3 is 0 Å². The summed E-state index contributed by atoms with van der Waals surface area (Å²) in [7, 11) is 1.23. The van der Waals surface area contributed by atoms with Gasteiger partial charge in [0.05, 0.1) is 11.2 Å². The van der Waals surface area contributed by atoms with Crippen molar-refractivity contribution in [3.8, 4) is 11.5 Å². The number of rotatable bonds is 2. The molecule has 116 valence electrons. The van der Waals surface area contributed by atoms with E-state index in [9.17, 15) is 4.11 Å². The van der Waals surface area contributed by atoms with Gasteiger partial charge in [-0.05, 0) is 37.9 Å². The van der Waals surface area contributed by atoms with E-state index >= 15 is 0 Å². The zero-order valence-corrected chi connectivity index (χ0v) is 11.8. The Morgan fingerprint density at radius 3 is 3.41 bits per heavy atom. The van der Waals surface area contributed by atoms with E-state index in [1.54, 1.807) is 0 Å². The van der Waals surface area contributed by atoms with Gasteiger partial charge in [0.1, 0.15) is 12.2 Å². The molecule has 2 aliphatic heterocycles. The lowest BCUT2D eigenvalue weighted by molar-refractivity contribution is -0.0453. The molecule has 5 rings (SSSR count). The third kappa shape index (κ3) is 1.28. The highest BCUT2D eigenvalue weighted by molar-refractivity contribution is 5.62. The van der Waals surface area contributed by atoms with Crippen molar-refractivity contribution in [3.05, 3.63) is 35.4 Å². The van der Waals surface area contributed by atoms with Crippen LogP contribution in [0.15, 0.2) is 24.2 Å². The van der Waals surface area contributed by atoms with Crippen molar-refractivity contribution in [1.29, 1.82) is 1.43 Å². The number of ether oxygens (including phenoxy) is 2. The molecule has 4 aliphatic rings. The molecule has 22 heavy (non-hydrogen) atoms. The van der Waals surface area contributed by atoms with E-state index in [-0.39, 0.29) is 30.0 Å². The molecule has 2 bridgehead atoms. The summed E-state index contributed by atoms with van der Waals surface area (Å²) in [5.74, 6) is -2.84. The van der Waals surface area contributed by atoms with Crippen molar-refractivity contribution in [2.24, 2.45) is 5.89 Å². The Morgan fingerprint density at radius 1 is 1.64 bits per heavy atom. The van der Waals surface area contributed by atoms with Crippen molar-refractivity contribution in [2.75, 3.05) is 20.6 Å². The van der Waals surface area contributed by atoms with Gasteiger partial charge in [0.25, 0.3) is 0 Å². The third-order valence-electron chi connectivity index (χ3n) is 4.88. The maximum atomic E-state index is 9.51. The zero-order valence-electron chi connectivity index (χ0n) is 22.8. The highest BCUT2D eigenvalue weighted by atomic mass is 16.5. The molecular weight excluding hydrogens is 278 g/mol. The highest BCUT2D eigenvalue weighted by Crippen LogP contribution is 2.62. The third-order valence-corrected chi connectivity index (χ3v) is 4.88. The number of likely N-dealkylation sites (N-methyl/N-ethyl adjacent to an activating group) is 1. The first-order chi connectivity index (χ1) is 15.1. The van der Waals surface area contributed by atoms with Crippen LogP contribution < -0.4 is 9.47 Å². The summed E-state index contributed by atoms with van der Waals surface area (Å²) >= 11 is 0. The molecule has 1 aromatic carbocycles. The summed E-state index contributed by atoms with van der Waals surface area (Å²) in [6.45, 7) is -3.34. The molecule has 1 spiro atoms. The van der Waals surface area contributed by atoms with Crippen LogP contribution in [0.2, 0.25) is 0 Å². The van der Waals surface area contributed by atoms with Crippen LogP contribution in [0.1, 0.15) is 31.3 Å². The number of benzene rings is 1. The molecule has 4 nitrogen and oxygen atoms in total. The summed E-state index contributed by atoms with van der Waals surface area (Å²) in [4.78, 5) is 0.624. The van der Waals surface area contributed by atoms with Crippen LogP contribution in [0.25, 0.3) is 0 Å². The molecule has 1 aromatic rings. The topological polar surface area (TPSA) is 41.9 Å². The van der Waals surface area contributed by atoms with Crippen LogP contribution in [0.3, 0.4) is 0 Å². The smallest absolute Gasteiger partial charge is 0.211 e. The molecule has 1 fully saturated rings. The van der Waals surface area contributed by atoms with Crippen LogP contribution in [-0.4, -0.2) is 50.3 Å². The average Bonchev–Trinajstić information content (AvgIpc) is 2.96. The number of nitrogens with zero attached hydrogens (tertiary/aromatic N) is 1. The Hall–Kier alpha value is -1.52. The minimum atomic E-state index is -2.97. The average molecular weight is 310 g/mol. The molecule has 0 amide bonds. The van der Waals surface area contributed by atoms with Crippen molar-refractivity contribution in [3.63, 3.8) is 0 Å². The maximum Gasteiger partial charge on any atom is 0.211 e. The van der Waals surface area contributed by atoms with E-state index in [1.807, 2.05) is 0 Å². The first-order valence-electron chi connectivity index (χ1n) is 12.5. The van der Waals surface area contributed by atoms with Crippen LogP contribution in [0, 0.1) is 5.89 Å². The second-order valence-corrected chi connectivity index (χ2v) is 5.80. The van der Waals surface area contributed by atoms with E-state index in [2.05, 4.69) is 0 Å². The molecule has 4 heteroatoms. The monoisotopic (exact) mass is 310 g/mol. The van der Waals surface area contributed by atoms with E-state index in [0.717, 1.165) is 12.2 Å². The number of aliphatic hydroxyl groups excluding tert-OH is 1. The molecule has 1 N–H and O–H groups in total. The normalized spacial score (nSPS) is 61.1. The first kappa shape index (κ1) is 6.17. The fraction of sp³-hybridized carbons (Fsp3) is 0.556. The predicted octanol–water partition coefficient (Wildman–Crippen LogP) is 1.50. The number of piperidine rings is 1. The van der Waals surface area contributed by atoms with Crippen molar-refractivity contribution in [1.82, 2.24) is 4.90 Å². The molecule has 2 aliphatic carbocycles. The van der Waals surface area contributed by atoms with E-state index in [4.69, 9.17) is 25.6 Å². The van der Waals surface area contributed by atoms with Gasteiger partial charge in [-0.2, -0.15) is 0 Å². The largest absolute Gasteiger partial charge is 0.493 e. The van der Waals surface area contributed by atoms with Gasteiger partial charge in [0.15, 0.2) is 11.5 Å². The summed E-state index contributed by atoms with van der Waals surface area (Å²) in [6.07, 6.45) is -4.53. The van der Waals surface area contributed by atoms with E-state index < -0.39 is 60.5 Å². The molecule has 0 radical (unpaired) electrons. The molecule has 2 unspecified atom stereocenters. The van der Waals surface area contributed by atoms with Crippen LogP contribution in [0.4, 0.5) is 0 Å². The summed E-state index contributed by atoms with van der Waals surface area (Å²) in [6, 6.07) is -4.02. The second kappa shape index (κ2) is 4.06. The van der Waals surface area contributed by atoms with Gasteiger partial charge in [-0.15, -0.1) is 0 Å². The van der Waals surface area contributed by atoms with Crippen LogP contribution in [0.5, 0.6) is 11.5 Å². The minimum absolute atomic E-state index is 0.0604. The van der Waals surface area contributed by atoms with Gasteiger partial charge in [-0.3, -0.25) is 0 Å². The predicted molar refractivity (Wildman–Crippen MR) is 82.5 cm³/mol. The Labute approximate surface area is 145 Å². The Morgan fingerprint density at radius 2 is 2.59 bits per heavy atom. The summed E-state index contributed by atoms with van der Waals surface area (Å²) in [5, 5.41) is 4.75. The SMILES string of the molecule is [2H]OC1C=C[C@]2([2H])[C@@]34CCN(C([2H])([2H])[2H])[C@]2([2H])C([2H])([2H])c2c([2H])c([2H])c(OC)c(c23)OC14[2H]. The molecule has 0 aromatic heterocycles. The lowest BCUT2D eigenvalue weighted by Crippen LogP contribution is -2.64. The van der Waals surface area contributed by atoms with Gasteiger partial charge in [-0.1, -0.05) is 18.2 Å². The number of aliphatic hydroxyl groups is 1. The molecule has 2 heterocycles. The number of likely N-dealkylation sites (tertiary alicyclic amines) is 1. The van der Waals surface area contributed by atoms with Gasteiger partial charge < -0.3 is 19.5 Å². The lowest BCUT2D eigenvalue weighted by atomic mass is 9.53. The van der Waals surface area contributed by atoms with E-state index in [0.29, 0.717) is 4.90 Å². The van der Waals surface area contributed by atoms with Crippen LogP contribution in [-0.2, 0) is 11.8 Å². The van der Waals surface area contributed by atoms with E-state index in [1.165, 1.54) is 7.11 Å². The number of hydrogen-bond acceptors (Lipinski definition) is 4. The fourth-order valence-corrected chi connectivity index (χ4v) is 3.96. The Kier molecular flexibility index (Phi) is 1.14. The van der Waals surface area contributed by atoms with Crippen molar-refractivity contribution >= 4 is 0 Å². The zero-order chi connectivity index (χ0) is 24.6. The molecule has 1 saturated heterocycles. The van der Waals surface area contributed by atoms with Crippen molar-refractivity contribution < 1.29 is 28.3 Å². The number of hydrogen-bond donors (Lipinski definition) is 1. The van der Waals surface area contributed by atoms with Gasteiger partial charge in [0.2, 0.25) is 1.43 Å². The minimum Gasteiger partial charge on any atom is -0.493 e. The van der Waals surface area contributed by atoms with Crippen molar-refractivity contribution in [2.45, 2.75) is 36.4 Å².